The number of carbonyl (C=O) groups is 1. The maximum atomic E-state index is 10.3. The lowest BCUT2D eigenvalue weighted by Crippen LogP contribution is -2.33. The third kappa shape index (κ3) is 3.49. The first-order valence-corrected chi connectivity index (χ1v) is 4.50. The van der Waals surface area contributed by atoms with Crippen LogP contribution in [0.4, 0.5) is 4.79 Å². The summed E-state index contributed by atoms with van der Waals surface area (Å²) in [6.45, 7) is 0.891. The first-order valence-electron chi connectivity index (χ1n) is 4.50. The molecule has 1 aliphatic heterocycles. The molecule has 1 heterocycles. The highest BCUT2D eigenvalue weighted by molar-refractivity contribution is 5.57. The van der Waals surface area contributed by atoms with Gasteiger partial charge >= 0.3 is 6.16 Å². The van der Waals surface area contributed by atoms with Gasteiger partial charge in [-0.3, -0.25) is 4.90 Å². The Morgan fingerprint density at radius 2 is 2.36 bits per heavy atom. The van der Waals surface area contributed by atoms with Crippen LogP contribution in [0, 0.1) is 0 Å². The van der Waals surface area contributed by atoms with Crippen LogP contribution in [0.15, 0.2) is 0 Å². The molecule has 0 amide bonds. The number of ether oxygens (including phenoxy) is 1. The van der Waals surface area contributed by atoms with Crippen molar-refractivity contribution in [1.29, 1.82) is 0 Å². The molecule has 6 heteroatoms. The molecule has 0 aromatic rings. The average molecular weight is 204 g/mol. The highest BCUT2D eigenvalue weighted by atomic mass is 16.7. The molecule has 0 saturated carbocycles. The summed E-state index contributed by atoms with van der Waals surface area (Å²) in [6.07, 6.45) is -1.86. The maximum Gasteiger partial charge on any atom is 0.506 e. The molecule has 1 radical (unpaired) electrons. The van der Waals surface area contributed by atoms with E-state index in [0.717, 1.165) is 0 Å². The van der Waals surface area contributed by atoms with Crippen molar-refractivity contribution >= 4 is 6.16 Å². The quantitative estimate of drug-likeness (QED) is 0.605. The van der Waals surface area contributed by atoms with Crippen molar-refractivity contribution in [3.63, 3.8) is 0 Å². The van der Waals surface area contributed by atoms with Crippen molar-refractivity contribution in [2.24, 2.45) is 0 Å². The third-order valence-electron chi connectivity index (χ3n) is 2.16. The average Bonchev–Trinajstić information content (AvgIpc) is 2.51. The molecular formula is C8H14NO5. The summed E-state index contributed by atoms with van der Waals surface area (Å²) in [7, 11) is 0. The first-order chi connectivity index (χ1) is 6.61. The van der Waals surface area contributed by atoms with Crippen LogP contribution in [0.25, 0.3) is 0 Å². The third-order valence-corrected chi connectivity index (χ3v) is 2.16. The minimum atomic E-state index is -1.28. The SMILES string of the molecule is [O]CC(O)CN1CCC(OC(=O)O)C1. The van der Waals surface area contributed by atoms with Gasteiger partial charge in [0.1, 0.15) is 12.7 Å². The van der Waals surface area contributed by atoms with Gasteiger partial charge in [-0.15, -0.1) is 0 Å². The Kier molecular flexibility index (Phi) is 4.12. The lowest BCUT2D eigenvalue weighted by molar-refractivity contribution is 0.0270. The van der Waals surface area contributed by atoms with Crippen LogP contribution in [0.5, 0.6) is 0 Å². The molecule has 2 unspecified atom stereocenters. The molecule has 0 aromatic heterocycles. The molecule has 2 atom stereocenters. The minimum absolute atomic E-state index is 0.295. The van der Waals surface area contributed by atoms with Gasteiger partial charge in [0, 0.05) is 19.6 Å². The molecule has 0 aromatic carbocycles. The van der Waals surface area contributed by atoms with E-state index in [1.807, 2.05) is 4.90 Å². The summed E-state index contributed by atoms with van der Waals surface area (Å²) in [6, 6.07) is 0. The zero-order valence-electron chi connectivity index (χ0n) is 7.76. The predicted molar refractivity (Wildman–Crippen MR) is 45.5 cm³/mol. The number of aliphatic hydroxyl groups is 1. The Morgan fingerprint density at radius 1 is 1.64 bits per heavy atom. The number of rotatable bonds is 4. The van der Waals surface area contributed by atoms with E-state index < -0.39 is 18.9 Å². The highest BCUT2D eigenvalue weighted by Gasteiger charge is 2.26. The molecule has 0 bridgehead atoms. The van der Waals surface area contributed by atoms with Gasteiger partial charge in [-0.05, 0) is 6.42 Å². The van der Waals surface area contributed by atoms with Crippen molar-refractivity contribution in [2.45, 2.75) is 18.6 Å². The highest BCUT2D eigenvalue weighted by Crippen LogP contribution is 2.12. The fourth-order valence-electron chi connectivity index (χ4n) is 1.55. The van der Waals surface area contributed by atoms with E-state index >= 15 is 0 Å². The second-order valence-electron chi connectivity index (χ2n) is 3.37. The number of carboxylic acid groups (broad SMARTS) is 1. The number of nitrogens with zero attached hydrogens (tertiary/aromatic N) is 1. The summed E-state index contributed by atoms with van der Waals surface area (Å²) in [5.41, 5.74) is 0. The van der Waals surface area contributed by atoms with Crippen LogP contribution in [0.2, 0.25) is 0 Å². The molecule has 0 aliphatic carbocycles. The molecule has 1 fully saturated rings. The van der Waals surface area contributed by atoms with E-state index in [4.69, 9.17) is 10.2 Å². The van der Waals surface area contributed by atoms with Crippen LogP contribution in [-0.4, -0.2) is 59.7 Å². The molecule has 2 N–H and O–H groups in total. The number of hydrogen-bond acceptors (Lipinski definition) is 4. The Morgan fingerprint density at radius 3 is 2.93 bits per heavy atom. The first kappa shape index (κ1) is 11.2. The van der Waals surface area contributed by atoms with Crippen LogP contribution in [0.3, 0.4) is 0 Å². The Labute approximate surface area is 81.7 Å². The topological polar surface area (TPSA) is 89.9 Å². The summed E-state index contributed by atoms with van der Waals surface area (Å²) in [4.78, 5) is 12.0. The molecule has 81 valence electrons. The molecule has 0 spiro atoms. The van der Waals surface area contributed by atoms with E-state index in [1.54, 1.807) is 0 Å². The minimum Gasteiger partial charge on any atom is -0.450 e. The van der Waals surface area contributed by atoms with Gasteiger partial charge in [0.25, 0.3) is 0 Å². The van der Waals surface area contributed by atoms with Gasteiger partial charge in [0.05, 0.1) is 6.10 Å². The molecule has 1 saturated heterocycles. The van der Waals surface area contributed by atoms with Crippen molar-refractivity contribution in [1.82, 2.24) is 4.90 Å². The van der Waals surface area contributed by atoms with Gasteiger partial charge in [0.15, 0.2) is 0 Å². The van der Waals surface area contributed by atoms with E-state index in [9.17, 15) is 9.90 Å². The van der Waals surface area contributed by atoms with Gasteiger partial charge < -0.3 is 14.9 Å². The van der Waals surface area contributed by atoms with Crippen molar-refractivity contribution in [2.75, 3.05) is 26.2 Å². The molecule has 6 nitrogen and oxygen atoms in total. The lowest BCUT2D eigenvalue weighted by atomic mass is 10.3. The summed E-state index contributed by atoms with van der Waals surface area (Å²) < 4.78 is 4.57. The predicted octanol–water partition coefficient (Wildman–Crippen LogP) is -0.453. The monoisotopic (exact) mass is 204 g/mol. The number of likely N-dealkylation sites (tertiary alicyclic amines) is 1. The fourth-order valence-corrected chi connectivity index (χ4v) is 1.55. The van der Waals surface area contributed by atoms with Gasteiger partial charge in [-0.1, -0.05) is 0 Å². The normalized spacial score (nSPS) is 24.9. The maximum absolute atomic E-state index is 10.3. The van der Waals surface area contributed by atoms with E-state index in [-0.39, 0.29) is 6.10 Å². The number of aliphatic hydroxyl groups excluding tert-OH is 1. The van der Waals surface area contributed by atoms with Crippen molar-refractivity contribution in [3.05, 3.63) is 0 Å². The second kappa shape index (κ2) is 5.14. The van der Waals surface area contributed by atoms with Gasteiger partial charge in [-0.2, -0.15) is 0 Å². The lowest BCUT2D eigenvalue weighted by Gasteiger charge is -2.17. The Balaban J connectivity index is 2.23. The number of β-amino-alcohol motifs (C(OH)–C–C–N with tert-alkyl or cyclic N) is 1. The fraction of sp³-hybridized carbons (Fsp3) is 0.875. The van der Waals surface area contributed by atoms with E-state index in [1.165, 1.54) is 0 Å². The van der Waals surface area contributed by atoms with Crippen LogP contribution in [-0.2, 0) is 9.84 Å². The number of hydrogen-bond donors (Lipinski definition) is 2. The molecule has 1 aliphatic rings. The van der Waals surface area contributed by atoms with E-state index in [0.29, 0.717) is 26.1 Å². The standard InChI is InChI=1S/C8H14NO5/c10-5-6(11)3-9-2-1-7(4-9)14-8(12)13/h6-7,11H,1-5H2,(H,12,13). The van der Waals surface area contributed by atoms with Gasteiger partial charge in [-0.25, -0.2) is 9.90 Å². The zero-order valence-corrected chi connectivity index (χ0v) is 7.76. The van der Waals surface area contributed by atoms with Crippen molar-refractivity contribution in [3.8, 4) is 0 Å². The molecule has 1 rings (SSSR count). The van der Waals surface area contributed by atoms with Crippen LogP contribution < -0.4 is 0 Å². The zero-order chi connectivity index (χ0) is 10.6. The molecular weight excluding hydrogens is 190 g/mol. The van der Waals surface area contributed by atoms with E-state index in [2.05, 4.69) is 4.74 Å². The van der Waals surface area contributed by atoms with Crippen molar-refractivity contribution < 1.29 is 24.9 Å². The second-order valence-corrected chi connectivity index (χ2v) is 3.37. The summed E-state index contributed by atoms with van der Waals surface area (Å²) in [5, 5.41) is 27.7. The van der Waals surface area contributed by atoms with Crippen LogP contribution in [0.1, 0.15) is 6.42 Å². The van der Waals surface area contributed by atoms with Gasteiger partial charge in [0.2, 0.25) is 0 Å². The Bertz CT molecular complexity index is 198. The summed E-state index contributed by atoms with van der Waals surface area (Å²) >= 11 is 0. The largest absolute Gasteiger partial charge is 0.506 e. The smallest absolute Gasteiger partial charge is 0.450 e. The molecule has 14 heavy (non-hydrogen) atoms. The van der Waals surface area contributed by atoms with Crippen LogP contribution >= 0.6 is 0 Å². The Hall–Kier alpha value is -0.850. The summed E-state index contributed by atoms with van der Waals surface area (Å²) in [5.74, 6) is 0.